The molecule has 2 heterocycles. The van der Waals surface area contributed by atoms with Gasteiger partial charge >= 0.3 is 11.2 Å². The molecule has 1 aliphatic heterocycles. The number of aromatic nitrogens is 4. The van der Waals surface area contributed by atoms with Gasteiger partial charge in [-0.3, -0.25) is 9.42 Å². The Kier molecular flexibility index (Phi) is 1.94. The first kappa shape index (κ1) is 10.9. The van der Waals surface area contributed by atoms with Gasteiger partial charge in [-0.2, -0.15) is 5.16 Å². The third-order valence-corrected chi connectivity index (χ3v) is 2.43. The molecule has 3 N–H and O–H groups in total. The highest BCUT2D eigenvalue weighted by molar-refractivity contribution is 5.91. The molecule has 13 heteroatoms. The molecule has 0 saturated heterocycles. The third kappa shape index (κ3) is 1.20. The van der Waals surface area contributed by atoms with E-state index in [2.05, 4.69) is 19.4 Å². The molecule has 0 aromatic carbocycles. The maximum Gasteiger partial charge on any atom is 0.428 e. The van der Waals surface area contributed by atoms with Gasteiger partial charge in [-0.05, 0) is 9.81 Å². The number of benzene rings is 1. The number of hydrogen-bond donors (Lipinski definition) is 2. The number of nitrogens with one attached hydrogen (secondary N) is 1. The molecule has 0 saturated carbocycles. The van der Waals surface area contributed by atoms with Crippen molar-refractivity contribution in [1.29, 1.82) is 0 Å². The number of nitrogens with two attached hydrogens (primary N) is 1. The summed E-state index contributed by atoms with van der Waals surface area (Å²) in [5, 5.41) is 27.8. The smallest absolute Gasteiger partial charge is 0.359 e. The number of nitrogens with zero attached hydrogens (tertiary/aromatic N) is 4. The van der Waals surface area contributed by atoms with E-state index >= 15 is 0 Å². The molecule has 98 valence electrons. The first-order chi connectivity index (χ1) is 9.06. The summed E-state index contributed by atoms with van der Waals surface area (Å²) in [4.78, 5) is 26.6. The molecule has 1 aromatic rings. The van der Waals surface area contributed by atoms with Crippen LogP contribution in [0.25, 0.3) is 22.4 Å². The molecule has 1 aromatic heterocycles. The van der Waals surface area contributed by atoms with Crippen LogP contribution in [0.4, 0.5) is 5.69 Å². The van der Waals surface area contributed by atoms with Crippen molar-refractivity contribution in [3.05, 3.63) is 25.5 Å². The summed E-state index contributed by atoms with van der Waals surface area (Å²) < 4.78 is 8.52. The van der Waals surface area contributed by atoms with E-state index in [0.717, 1.165) is 0 Å². The van der Waals surface area contributed by atoms with Crippen molar-refractivity contribution in [2.24, 2.45) is 5.90 Å². The molecule has 0 atom stereocenters. The number of fused-ring (bicyclic) bond motifs is 2. The van der Waals surface area contributed by atoms with E-state index in [0.29, 0.717) is 0 Å². The number of rotatable bonds is 2. The van der Waals surface area contributed by atoms with Crippen LogP contribution >= 0.6 is 0 Å². The molecule has 0 radical (unpaired) electrons. The molecule has 0 amide bonds. The lowest BCUT2D eigenvalue weighted by Crippen LogP contribution is -2.35. The van der Waals surface area contributed by atoms with E-state index in [1.54, 1.807) is 0 Å². The second-order valence-corrected chi connectivity index (χ2v) is 3.34. The van der Waals surface area contributed by atoms with Crippen LogP contribution in [0.5, 0.6) is 0 Å². The standard InChI is InChI=1S/C6H3N6O7/c7-17-10(14)3-1-4(11(15)18-8-1)6(13)5-2(3)9-19-12(5)16/h8H,7H2/q+1. The molecule has 19 heavy (non-hydrogen) atoms. The lowest BCUT2D eigenvalue weighted by atomic mass is 10.1. The van der Waals surface area contributed by atoms with Crippen molar-refractivity contribution >= 4 is 16.7 Å². The van der Waals surface area contributed by atoms with Crippen LogP contribution in [0.15, 0.2) is 14.1 Å². The molecule has 3 rings (SSSR count). The average molecular weight is 271 g/mol. The number of H-pyrrole nitrogens is 1. The first-order valence-electron chi connectivity index (χ1n) is 4.57. The Morgan fingerprint density at radius 1 is 1.42 bits per heavy atom. The van der Waals surface area contributed by atoms with Crippen LogP contribution in [0.3, 0.4) is 0 Å². The molecule has 0 spiro atoms. The summed E-state index contributed by atoms with van der Waals surface area (Å²) in [6.07, 6.45) is 0. The Bertz CT molecular complexity index is 829. The Balaban J connectivity index is 2.61. The van der Waals surface area contributed by atoms with E-state index in [9.17, 15) is 20.1 Å². The fourth-order valence-electron chi connectivity index (χ4n) is 1.68. The fraction of sp³-hybridized carbons (Fsp3) is 0. The summed E-state index contributed by atoms with van der Waals surface area (Å²) in [5.74, 6) is 4.70. The molecule has 13 nitrogen and oxygen atoms in total. The Hall–Kier alpha value is -3.22. The summed E-state index contributed by atoms with van der Waals surface area (Å²) in [5.41, 5.74) is -3.63. The lowest BCUT2D eigenvalue weighted by Gasteiger charge is -1.91. The molecule has 0 bridgehead atoms. The quantitative estimate of drug-likeness (QED) is 0.382. The van der Waals surface area contributed by atoms with E-state index < -0.39 is 27.8 Å². The maximum absolute atomic E-state index is 11.9. The van der Waals surface area contributed by atoms with Gasteiger partial charge in [0.1, 0.15) is 0 Å². The van der Waals surface area contributed by atoms with Crippen LogP contribution in [0.1, 0.15) is 0 Å². The second-order valence-electron chi connectivity index (χ2n) is 3.34. The van der Waals surface area contributed by atoms with Crippen LogP contribution in [-0.2, 0) is 4.94 Å². The zero-order chi connectivity index (χ0) is 13.7. The minimum Gasteiger partial charge on any atom is -0.359 e. The van der Waals surface area contributed by atoms with Gasteiger partial charge in [-0.15, -0.1) is 4.94 Å². The summed E-state index contributed by atoms with van der Waals surface area (Å²) in [7, 11) is 0. The van der Waals surface area contributed by atoms with Gasteiger partial charge in [0, 0.05) is 0 Å². The Morgan fingerprint density at radius 2 is 2.16 bits per heavy atom. The highest BCUT2D eigenvalue weighted by Gasteiger charge is 2.45. The lowest BCUT2D eigenvalue weighted by molar-refractivity contribution is -0.794. The van der Waals surface area contributed by atoms with Crippen LogP contribution in [0, 0.1) is 15.3 Å². The third-order valence-electron chi connectivity index (χ3n) is 2.43. The maximum atomic E-state index is 11.9. The van der Waals surface area contributed by atoms with Crippen LogP contribution < -0.4 is 21.1 Å². The van der Waals surface area contributed by atoms with Crippen molar-refractivity contribution in [2.45, 2.75) is 0 Å². The number of hydrogen-bond acceptors (Lipinski definition) is 9. The van der Waals surface area contributed by atoms with Gasteiger partial charge < -0.3 is 15.0 Å². The minimum atomic E-state index is -1.03. The number of aromatic amines is 1. The SMILES string of the molecule is NO[N+](=O)c1c2[nH]o[n+]([O-])c-2c(=O)c2c1no[n+]2[O-]. The minimum absolute atomic E-state index is 0.210. The predicted octanol–water partition coefficient (Wildman–Crippen LogP) is -2.30. The summed E-state index contributed by atoms with van der Waals surface area (Å²) >= 11 is 0. The van der Waals surface area contributed by atoms with Gasteiger partial charge in [0.2, 0.25) is 0 Å². The van der Waals surface area contributed by atoms with Gasteiger partial charge in [-0.1, -0.05) is 5.90 Å². The first-order valence-corrected chi connectivity index (χ1v) is 4.57. The average Bonchev–Trinajstić information content (AvgIpc) is 2.94. The highest BCUT2D eigenvalue weighted by atomic mass is 16.8. The van der Waals surface area contributed by atoms with E-state index in [4.69, 9.17) is 5.90 Å². The second kappa shape index (κ2) is 3.39. The normalized spacial score (nSPS) is 11.2. The fourth-order valence-corrected chi connectivity index (χ4v) is 1.68. The van der Waals surface area contributed by atoms with Crippen molar-refractivity contribution < 1.29 is 28.9 Å². The van der Waals surface area contributed by atoms with Gasteiger partial charge in [0.05, 0.1) is 10.1 Å². The highest BCUT2D eigenvalue weighted by Crippen LogP contribution is 2.30. The molecule has 0 fully saturated rings. The van der Waals surface area contributed by atoms with Crippen LogP contribution in [0.2, 0.25) is 0 Å². The zero-order valence-corrected chi connectivity index (χ0v) is 8.72. The van der Waals surface area contributed by atoms with Gasteiger partial charge in [0.15, 0.2) is 0 Å². The summed E-state index contributed by atoms with van der Waals surface area (Å²) in [6.45, 7) is 0. The molecular formula is C6H3N6O7+. The van der Waals surface area contributed by atoms with Crippen LogP contribution in [-0.4, -0.2) is 15.2 Å². The van der Waals surface area contributed by atoms with Crippen molar-refractivity contribution in [3.8, 4) is 11.4 Å². The van der Waals surface area contributed by atoms with E-state index in [1.165, 1.54) is 0 Å². The predicted molar refractivity (Wildman–Crippen MR) is 50.0 cm³/mol. The van der Waals surface area contributed by atoms with Crippen molar-refractivity contribution in [3.63, 3.8) is 0 Å². The van der Waals surface area contributed by atoms with Gasteiger partial charge in [-0.25, -0.2) is 0 Å². The Labute approximate surface area is 99.8 Å². The molecule has 0 unspecified atom stereocenters. The van der Waals surface area contributed by atoms with Gasteiger partial charge in [0.25, 0.3) is 27.3 Å². The van der Waals surface area contributed by atoms with E-state index in [1.807, 2.05) is 5.16 Å². The summed E-state index contributed by atoms with van der Waals surface area (Å²) in [6, 6.07) is 0. The molecular weight excluding hydrogens is 268 g/mol. The largest absolute Gasteiger partial charge is 0.428 e. The van der Waals surface area contributed by atoms with E-state index in [-0.39, 0.29) is 20.4 Å². The topological polar surface area (TPSA) is 181 Å². The molecule has 2 aliphatic rings. The zero-order valence-electron chi connectivity index (χ0n) is 8.72. The van der Waals surface area contributed by atoms with Crippen molar-refractivity contribution in [2.75, 3.05) is 0 Å². The molecule has 1 aliphatic carbocycles. The van der Waals surface area contributed by atoms with Crippen molar-refractivity contribution in [1.82, 2.24) is 10.3 Å². The monoisotopic (exact) mass is 271 g/mol. The Morgan fingerprint density at radius 3 is 2.84 bits per heavy atom.